The predicted octanol–water partition coefficient (Wildman–Crippen LogP) is 2.53. The minimum absolute atomic E-state index is 0. The number of nitrogens with zero attached hydrogens (tertiary/aromatic N) is 4. The molecule has 1 N–H and O–H groups in total. The molecule has 0 radical (unpaired) electrons. The normalized spacial score (nSPS) is 10.9. The first-order chi connectivity index (χ1) is 11.6. The average molecular weight is 493 g/mol. The summed E-state index contributed by atoms with van der Waals surface area (Å²) in [5.74, 6) is 0.717. The Balaban J connectivity index is 0.00000312. The number of hydrogen-bond acceptors (Lipinski definition) is 5. The molecule has 138 valence electrons. The molecular weight excluding hydrogens is 469 g/mol. The van der Waals surface area contributed by atoms with Crippen LogP contribution in [0.5, 0.6) is 0 Å². The highest BCUT2D eigenvalue weighted by molar-refractivity contribution is 14.0. The highest BCUT2D eigenvalue weighted by Crippen LogP contribution is 2.08. The number of thiophene rings is 1. The highest BCUT2D eigenvalue weighted by atomic mass is 127. The molecule has 0 saturated carbocycles. The fourth-order valence-electron chi connectivity index (χ4n) is 1.92. The summed E-state index contributed by atoms with van der Waals surface area (Å²) in [6, 6.07) is 4.11. The zero-order valence-corrected chi connectivity index (χ0v) is 18.6. The van der Waals surface area contributed by atoms with Crippen LogP contribution in [0.25, 0.3) is 0 Å². The molecule has 0 saturated heterocycles. The van der Waals surface area contributed by atoms with Crippen molar-refractivity contribution >= 4 is 58.5 Å². The van der Waals surface area contributed by atoms with Crippen LogP contribution in [0.1, 0.15) is 9.88 Å². The SMILES string of the molecule is CN(C)C(=O)CN=C(NCc1cccs1)N(C)CCc1nccs1.I. The molecule has 0 spiro atoms. The van der Waals surface area contributed by atoms with Crippen LogP contribution in [0, 0.1) is 0 Å². The largest absolute Gasteiger partial charge is 0.351 e. The molecule has 25 heavy (non-hydrogen) atoms. The second-order valence-corrected chi connectivity index (χ2v) is 7.47. The number of carbonyl (C=O) groups excluding carboxylic acids is 1. The van der Waals surface area contributed by atoms with E-state index in [2.05, 4.69) is 26.7 Å². The van der Waals surface area contributed by atoms with Gasteiger partial charge in [-0.2, -0.15) is 0 Å². The van der Waals surface area contributed by atoms with E-state index in [9.17, 15) is 4.79 Å². The van der Waals surface area contributed by atoms with Crippen molar-refractivity contribution < 1.29 is 4.79 Å². The summed E-state index contributed by atoms with van der Waals surface area (Å²) in [4.78, 5) is 25.4. The van der Waals surface area contributed by atoms with Gasteiger partial charge in [-0.05, 0) is 11.4 Å². The second kappa shape index (κ2) is 11.4. The number of aromatic nitrogens is 1. The highest BCUT2D eigenvalue weighted by Gasteiger charge is 2.10. The molecule has 0 aliphatic rings. The molecule has 2 rings (SSSR count). The lowest BCUT2D eigenvalue weighted by molar-refractivity contribution is -0.127. The first-order valence-electron chi connectivity index (χ1n) is 7.66. The summed E-state index contributed by atoms with van der Waals surface area (Å²) in [7, 11) is 5.46. The van der Waals surface area contributed by atoms with Crippen LogP contribution in [0.15, 0.2) is 34.1 Å². The van der Waals surface area contributed by atoms with Crippen LogP contribution < -0.4 is 5.32 Å². The summed E-state index contributed by atoms with van der Waals surface area (Å²) in [6.45, 7) is 1.63. The van der Waals surface area contributed by atoms with Gasteiger partial charge in [-0.15, -0.1) is 46.7 Å². The van der Waals surface area contributed by atoms with Gasteiger partial charge in [-0.3, -0.25) is 4.79 Å². The Hall–Kier alpha value is -1.20. The van der Waals surface area contributed by atoms with Crippen molar-refractivity contribution in [2.45, 2.75) is 13.0 Å². The molecule has 0 aliphatic heterocycles. The number of amides is 1. The van der Waals surface area contributed by atoms with E-state index in [0.717, 1.165) is 23.9 Å². The van der Waals surface area contributed by atoms with Crippen molar-refractivity contribution in [2.24, 2.45) is 4.99 Å². The van der Waals surface area contributed by atoms with Crippen molar-refractivity contribution in [3.63, 3.8) is 0 Å². The lowest BCUT2D eigenvalue weighted by atomic mass is 10.4. The minimum Gasteiger partial charge on any atom is -0.351 e. The van der Waals surface area contributed by atoms with Crippen LogP contribution in [-0.2, 0) is 17.8 Å². The van der Waals surface area contributed by atoms with E-state index in [0.29, 0.717) is 6.54 Å². The van der Waals surface area contributed by atoms with E-state index < -0.39 is 0 Å². The number of aliphatic imine (C=N–C) groups is 1. The second-order valence-electron chi connectivity index (χ2n) is 5.46. The molecule has 2 aromatic heterocycles. The van der Waals surface area contributed by atoms with Crippen LogP contribution in [-0.4, -0.2) is 60.9 Å². The van der Waals surface area contributed by atoms with Gasteiger partial charge in [0.25, 0.3) is 0 Å². The molecule has 0 aliphatic carbocycles. The number of nitrogens with one attached hydrogen (secondary N) is 1. The first kappa shape index (κ1) is 21.8. The van der Waals surface area contributed by atoms with Crippen LogP contribution in [0.3, 0.4) is 0 Å². The lowest BCUT2D eigenvalue weighted by Gasteiger charge is -2.22. The molecule has 0 unspecified atom stereocenters. The van der Waals surface area contributed by atoms with Crippen LogP contribution in [0.2, 0.25) is 0 Å². The quantitative estimate of drug-likeness (QED) is 0.366. The van der Waals surface area contributed by atoms with Crippen molar-refractivity contribution in [3.05, 3.63) is 39.0 Å². The summed E-state index contributed by atoms with van der Waals surface area (Å²) in [6.07, 6.45) is 2.68. The maximum atomic E-state index is 11.8. The monoisotopic (exact) mass is 493 g/mol. The third-order valence-electron chi connectivity index (χ3n) is 3.37. The maximum absolute atomic E-state index is 11.8. The minimum atomic E-state index is -0.0150. The number of thiazole rings is 1. The summed E-state index contributed by atoms with van der Waals surface area (Å²) in [5, 5.41) is 8.48. The average Bonchev–Trinajstić information content (AvgIpc) is 3.25. The van der Waals surface area contributed by atoms with Gasteiger partial charge in [-0.25, -0.2) is 9.98 Å². The van der Waals surface area contributed by atoms with Gasteiger partial charge in [0.15, 0.2) is 5.96 Å². The van der Waals surface area contributed by atoms with E-state index in [1.807, 2.05) is 29.6 Å². The van der Waals surface area contributed by atoms with Gasteiger partial charge in [0.1, 0.15) is 6.54 Å². The molecule has 0 fully saturated rings. The van der Waals surface area contributed by atoms with E-state index in [-0.39, 0.29) is 36.4 Å². The van der Waals surface area contributed by atoms with Gasteiger partial charge in [0, 0.05) is 50.6 Å². The third kappa shape index (κ3) is 7.70. The van der Waals surface area contributed by atoms with E-state index in [1.165, 1.54) is 4.88 Å². The lowest BCUT2D eigenvalue weighted by Crippen LogP contribution is -2.40. The van der Waals surface area contributed by atoms with Crippen molar-refractivity contribution in [1.82, 2.24) is 20.1 Å². The number of hydrogen-bond donors (Lipinski definition) is 1. The number of guanidine groups is 1. The Morgan fingerprint density at radius 2 is 2.08 bits per heavy atom. The number of rotatable bonds is 7. The van der Waals surface area contributed by atoms with Gasteiger partial charge < -0.3 is 15.1 Å². The van der Waals surface area contributed by atoms with Crippen LogP contribution in [0.4, 0.5) is 0 Å². The van der Waals surface area contributed by atoms with Crippen molar-refractivity contribution in [1.29, 1.82) is 0 Å². The zero-order chi connectivity index (χ0) is 17.4. The third-order valence-corrected chi connectivity index (χ3v) is 5.09. The van der Waals surface area contributed by atoms with E-state index >= 15 is 0 Å². The van der Waals surface area contributed by atoms with Crippen molar-refractivity contribution in [2.75, 3.05) is 34.2 Å². The number of carbonyl (C=O) groups is 1. The summed E-state index contributed by atoms with van der Waals surface area (Å²) in [5.41, 5.74) is 0. The molecule has 2 heterocycles. The zero-order valence-electron chi connectivity index (χ0n) is 14.6. The molecule has 9 heteroatoms. The summed E-state index contributed by atoms with van der Waals surface area (Å²) >= 11 is 3.35. The van der Waals surface area contributed by atoms with Crippen molar-refractivity contribution in [3.8, 4) is 0 Å². The fourth-order valence-corrected chi connectivity index (χ4v) is 3.17. The van der Waals surface area contributed by atoms with Crippen LogP contribution >= 0.6 is 46.7 Å². The Morgan fingerprint density at radius 1 is 1.28 bits per heavy atom. The number of halogens is 1. The van der Waals surface area contributed by atoms with Gasteiger partial charge >= 0.3 is 0 Å². The fraction of sp³-hybridized carbons (Fsp3) is 0.438. The smallest absolute Gasteiger partial charge is 0.243 e. The Morgan fingerprint density at radius 3 is 2.68 bits per heavy atom. The standard InChI is InChI=1S/C16H23N5OS2.HI/c1-20(2)15(22)12-19-16(18-11-13-5-4-9-23-13)21(3)8-6-14-17-7-10-24-14;/h4-5,7,9-10H,6,8,11-12H2,1-3H3,(H,18,19);1H. The Labute approximate surface area is 174 Å². The molecule has 0 aromatic carbocycles. The Bertz CT molecular complexity index is 644. The van der Waals surface area contributed by atoms with Gasteiger partial charge in [0.2, 0.25) is 5.91 Å². The van der Waals surface area contributed by atoms with E-state index in [4.69, 9.17) is 0 Å². The molecule has 0 atom stereocenters. The molecule has 6 nitrogen and oxygen atoms in total. The van der Waals surface area contributed by atoms with E-state index in [1.54, 1.807) is 41.7 Å². The molecule has 2 aromatic rings. The predicted molar refractivity (Wildman–Crippen MR) is 116 cm³/mol. The van der Waals surface area contributed by atoms with Gasteiger partial charge in [0.05, 0.1) is 11.6 Å². The maximum Gasteiger partial charge on any atom is 0.243 e. The molecular formula is C16H24IN5OS2. The first-order valence-corrected chi connectivity index (χ1v) is 9.42. The number of likely N-dealkylation sites (N-methyl/N-ethyl adjacent to an activating group) is 2. The molecule has 0 bridgehead atoms. The molecule has 1 amide bonds. The Kier molecular flexibility index (Phi) is 9.98. The topological polar surface area (TPSA) is 60.8 Å². The van der Waals surface area contributed by atoms with Gasteiger partial charge in [-0.1, -0.05) is 6.07 Å². The summed E-state index contributed by atoms with van der Waals surface area (Å²) < 4.78 is 0.